The van der Waals surface area contributed by atoms with Crippen LogP contribution < -0.4 is 21.5 Å². The molecule has 2 heterocycles. The molecule has 11 nitrogen and oxygen atoms in total. The van der Waals surface area contributed by atoms with E-state index in [1.807, 2.05) is 50.2 Å². The van der Waals surface area contributed by atoms with Crippen LogP contribution in [0.1, 0.15) is 36.6 Å². The van der Waals surface area contributed by atoms with Gasteiger partial charge in [-0.1, -0.05) is 67.4 Å². The number of benzene rings is 2. The van der Waals surface area contributed by atoms with Crippen molar-refractivity contribution in [3.05, 3.63) is 107 Å². The third kappa shape index (κ3) is 6.26. The molecule has 0 radical (unpaired) electrons. The molecule has 0 fully saturated rings. The van der Waals surface area contributed by atoms with Gasteiger partial charge in [0.1, 0.15) is 12.4 Å². The average molecular weight is 569 g/mol. The van der Waals surface area contributed by atoms with E-state index in [0.29, 0.717) is 5.56 Å². The second-order valence-corrected chi connectivity index (χ2v) is 9.47. The number of hydrogen-bond donors (Lipinski definition) is 1. The summed E-state index contributed by atoms with van der Waals surface area (Å²) in [7, 11) is 0. The summed E-state index contributed by atoms with van der Waals surface area (Å²) in [6.07, 6.45) is -0.337. The Bertz CT molecular complexity index is 1700. The Balaban J connectivity index is 1.70. The number of ether oxygens (including phenoxy) is 2. The third-order valence-electron chi connectivity index (χ3n) is 5.57. The highest BCUT2D eigenvalue weighted by Gasteiger charge is 2.19. The maximum Gasteiger partial charge on any atom is 0.354 e. The van der Waals surface area contributed by atoms with E-state index in [0.717, 1.165) is 14.8 Å². The van der Waals surface area contributed by atoms with Gasteiger partial charge in [-0.15, -0.1) is 5.10 Å². The second-order valence-electron chi connectivity index (χ2n) is 8.66. The van der Waals surface area contributed by atoms with Crippen molar-refractivity contribution in [2.24, 2.45) is 0 Å². The highest BCUT2D eigenvalue weighted by Crippen LogP contribution is 2.37. The van der Waals surface area contributed by atoms with Crippen molar-refractivity contribution in [3.63, 3.8) is 0 Å². The van der Waals surface area contributed by atoms with E-state index in [1.165, 1.54) is 18.2 Å². The van der Waals surface area contributed by atoms with Crippen molar-refractivity contribution in [3.8, 4) is 23.4 Å². The van der Waals surface area contributed by atoms with Crippen LogP contribution in [0.15, 0.2) is 62.9 Å². The Labute approximate surface area is 231 Å². The molecular formula is C26H22Cl2N6O5. The number of aromatic nitrogens is 5. The van der Waals surface area contributed by atoms with Gasteiger partial charge in [0.2, 0.25) is 5.88 Å². The van der Waals surface area contributed by atoms with Gasteiger partial charge in [-0.05, 0) is 23.6 Å². The maximum absolute atomic E-state index is 13.3. The predicted octanol–water partition coefficient (Wildman–Crippen LogP) is 3.94. The minimum atomic E-state index is -0.820. The van der Waals surface area contributed by atoms with Gasteiger partial charge in [0, 0.05) is 11.6 Å². The van der Waals surface area contributed by atoms with E-state index in [-0.39, 0.29) is 64.3 Å². The summed E-state index contributed by atoms with van der Waals surface area (Å²) < 4.78 is 13.1. The maximum atomic E-state index is 13.3. The normalized spacial score (nSPS) is 11.0. The number of hydrogen-bond acceptors (Lipinski definition) is 8. The van der Waals surface area contributed by atoms with Crippen LogP contribution in [0.25, 0.3) is 5.69 Å². The first-order chi connectivity index (χ1) is 18.7. The molecule has 2 aromatic carbocycles. The standard InChI is InChI=1S/C26H22Cl2N6O5/c1-15(2)18-12-22(30-31-24(18)35)39-23-19(27)10-17(11-20(23)28)34-26(37)33(25(36)21(32-34)8-9-29)14-38-13-16-6-4-3-5-7-16/h3-7,10-12,15H,8,13-14H2,1-2H3,(H,31,35). The summed E-state index contributed by atoms with van der Waals surface area (Å²) in [5.74, 6) is 0.00652. The van der Waals surface area contributed by atoms with Gasteiger partial charge < -0.3 is 9.47 Å². The summed E-state index contributed by atoms with van der Waals surface area (Å²) in [6, 6.07) is 15.3. The number of H-pyrrole nitrogens is 1. The fourth-order valence-electron chi connectivity index (χ4n) is 3.61. The minimum Gasteiger partial charge on any atom is -0.434 e. The van der Waals surface area contributed by atoms with Gasteiger partial charge in [-0.25, -0.2) is 14.5 Å². The highest BCUT2D eigenvalue weighted by atomic mass is 35.5. The molecule has 4 aromatic rings. The summed E-state index contributed by atoms with van der Waals surface area (Å²) in [5, 5.41) is 19.5. The highest BCUT2D eigenvalue weighted by molar-refractivity contribution is 6.37. The molecule has 0 aliphatic rings. The fourth-order valence-corrected chi connectivity index (χ4v) is 4.17. The molecular weight excluding hydrogens is 547 g/mol. The number of aromatic amines is 1. The quantitative estimate of drug-likeness (QED) is 0.319. The molecule has 0 unspecified atom stereocenters. The lowest BCUT2D eigenvalue weighted by molar-refractivity contribution is 0.0575. The van der Waals surface area contributed by atoms with Crippen LogP contribution in [-0.4, -0.2) is 24.5 Å². The SMILES string of the molecule is CC(C)c1cc(Oc2c(Cl)cc(-n3nc(CC#N)c(=O)n(COCc4ccccc4)c3=O)cc2Cl)n[nH]c1=O. The summed E-state index contributed by atoms with van der Waals surface area (Å²) >= 11 is 12.9. The van der Waals surface area contributed by atoms with Crippen LogP contribution in [0.4, 0.5) is 0 Å². The molecule has 2 aromatic heterocycles. The fraction of sp³-hybridized carbons (Fsp3) is 0.231. The molecule has 0 saturated heterocycles. The van der Waals surface area contributed by atoms with Crippen LogP contribution >= 0.6 is 23.2 Å². The van der Waals surface area contributed by atoms with Crippen LogP contribution in [0.5, 0.6) is 11.6 Å². The Hall–Kier alpha value is -4.24. The van der Waals surface area contributed by atoms with Crippen molar-refractivity contribution >= 4 is 23.2 Å². The lowest BCUT2D eigenvalue weighted by atomic mass is 10.1. The number of halogens is 2. The monoisotopic (exact) mass is 568 g/mol. The van der Waals surface area contributed by atoms with E-state index in [4.69, 9.17) is 32.7 Å². The van der Waals surface area contributed by atoms with Crippen LogP contribution in [0.3, 0.4) is 0 Å². The van der Waals surface area contributed by atoms with Gasteiger partial charge in [0.15, 0.2) is 5.75 Å². The smallest absolute Gasteiger partial charge is 0.354 e. The van der Waals surface area contributed by atoms with Gasteiger partial charge in [0.05, 0.1) is 34.8 Å². The number of rotatable bonds is 9. The van der Waals surface area contributed by atoms with Crippen molar-refractivity contribution in [1.82, 2.24) is 24.5 Å². The first-order valence-corrected chi connectivity index (χ1v) is 12.4. The van der Waals surface area contributed by atoms with E-state index in [1.54, 1.807) is 0 Å². The average Bonchev–Trinajstić information content (AvgIpc) is 2.91. The predicted molar refractivity (Wildman–Crippen MR) is 144 cm³/mol. The molecule has 0 aliphatic carbocycles. The van der Waals surface area contributed by atoms with Gasteiger partial charge in [-0.2, -0.15) is 15.0 Å². The van der Waals surface area contributed by atoms with E-state index < -0.39 is 11.2 Å². The molecule has 0 atom stereocenters. The lowest BCUT2D eigenvalue weighted by Gasteiger charge is -2.14. The number of nitriles is 1. The van der Waals surface area contributed by atoms with Crippen molar-refractivity contribution < 1.29 is 9.47 Å². The zero-order chi connectivity index (χ0) is 28.1. The Kier molecular flexibility index (Phi) is 8.61. The number of nitrogens with zero attached hydrogens (tertiary/aromatic N) is 5. The van der Waals surface area contributed by atoms with Gasteiger partial charge >= 0.3 is 5.69 Å². The van der Waals surface area contributed by atoms with Crippen molar-refractivity contribution in [2.45, 2.75) is 39.5 Å². The molecule has 0 bridgehead atoms. The minimum absolute atomic E-state index is 0.00482. The van der Waals surface area contributed by atoms with Crippen LogP contribution in [0.2, 0.25) is 10.0 Å². The first kappa shape index (κ1) is 27.8. The molecule has 39 heavy (non-hydrogen) atoms. The third-order valence-corrected chi connectivity index (χ3v) is 6.13. The lowest BCUT2D eigenvalue weighted by Crippen LogP contribution is -2.43. The van der Waals surface area contributed by atoms with Crippen molar-refractivity contribution in [1.29, 1.82) is 5.26 Å². The first-order valence-electron chi connectivity index (χ1n) is 11.7. The zero-order valence-corrected chi connectivity index (χ0v) is 22.4. The molecule has 1 N–H and O–H groups in total. The molecule has 4 rings (SSSR count). The topological polar surface area (TPSA) is 145 Å². The molecule has 0 amide bonds. The molecule has 13 heteroatoms. The summed E-state index contributed by atoms with van der Waals surface area (Å²) in [4.78, 5) is 38.1. The largest absolute Gasteiger partial charge is 0.434 e. The Morgan fingerprint density at radius 1 is 1.08 bits per heavy atom. The summed E-state index contributed by atoms with van der Waals surface area (Å²) in [5.41, 5.74) is -0.633. The molecule has 0 saturated carbocycles. The number of nitrogens with one attached hydrogen (secondary N) is 1. The van der Waals surface area contributed by atoms with E-state index in [2.05, 4.69) is 15.3 Å². The molecule has 200 valence electrons. The molecule has 0 spiro atoms. The Morgan fingerprint density at radius 2 is 1.77 bits per heavy atom. The van der Waals surface area contributed by atoms with E-state index in [9.17, 15) is 19.6 Å². The Morgan fingerprint density at radius 3 is 2.41 bits per heavy atom. The van der Waals surface area contributed by atoms with Crippen LogP contribution in [0, 0.1) is 11.3 Å². The van der Waals surface area contributed by atoms with Crippen molar-refractivity contribution in [2.75, 3.05) is 0 Å². The summed E-state index contributed by atoms with van der Waals surface area (Å²) in [6.45, 7) is 3.48. The van der Waals surface area contributed by atoms with E-state index >= 15 is 0 Å². The van der Waals surface area contributed by atoms with Gasteiger partial charge in [-0.3, -0.25) is 9.59 Å². The van der Waals surface area contributed by atoms with Crippen LogP contribution in [-0.2, 0) is 24.5 Å². The molecule has 0 aliphatic heterocycles. The zero-order valence-electron chi connectivity index (χ0n) is 20.9. The van der Waals surface area contributed by atoms with Gasteiger partial charge in [0.25, 0.3) is 11.1 Å². The second kappa shape index (κ2) is 12.1.